The Hall–Kier alpha value is -1.09. The van der Waals surface area contributed by atoms with Crippen LogP contribution < -0.4 is 5.54 Å². The zero-order valence-corrected chi connectivity index (χ0v) is 6.05. The van der Waals surface area contributed by atoms with Crippen molar-refractivity contribution in [3.05, 3.63) is 29.8 Å². The highest BCUT2D eigenvalue weighted by molar-refractivity contribution is 5.25. The first-order valence-electron chi connectivity index (χ1n) is 3.44. The number of hydrogen-bond donors (Lipinski definition) is 2. The molecule has 0 aromatic heterocycles. The zero-order chi connectivity index (χ0) is 8.10. The van der Waals surface area contributed by atoms with Crippen molar-refractivity contribution in [3.63, 3.8) is 0 Å². The number of halogens is 1. The Labute approximate surface area is 64.6 Å². The maximum absolute atomic E-state index is 11.5. The Morgan fingerprint density at radius 1 is 1.27 bits per heavy atom. The van der Waals surface area contributed by atoms with Gasteiger partial charge in [0.05, 0.1) is 0 Å². The van der Waals surface area contributed by atoms with Gasteiger partial charge in [-0.15, -0.1) is 4.48 Å². The summed E-state index contributed by atoms with van der Waals surface area (Å²) >= 11 is 0. The minimum atomic E-state index is 0.238. The fourth-order valence-electron chi connectivity index (χ4n) is 0.854. The van der Waals surface area contributed by atoms with Crippen LogP contribution in [-0.2, 0) is 6.42 Å². The van der Waals surface area contributed by atoms with E-state index in [1.54, 1.807) is 29.8 Å². The first kappa shape index (κ1) is 8.01. The molecule has 0 amide bonds. The van der Waals surface area contributed by atoms with E-state index in [-0.39, 0.29) is 5.75 Å². The lowest BCUT2D eigenvalue weighted by atomic mass is 10.1. The maximum Gasteiger partial charge on any atom is 0.115 e. The van der Waals surface area contributed by atoms with Crippen molar-refractivity contribution >= 4 is 0 Å². The second-order valence-electron chi connectivity index (χ2n) is 2.30. The van der Waals surface area contributed by atoms with Crippen LogP contribution in [0.15, 0.2) is 24.3 Å². The smallest absolute Gasteiger partial charge is 0.115 e. The van der Waals surface area contributed by atoms with E-state index < -0.39 is 0 Å². The molecule has 3 heteroatoms. The van der Waals surface area contributed by atoms with E-state index in [0.717, 1.165) is 5.56 Å². The number of phenolic OH excluding ortho intramolecular Hbond substituents is 1. The van der Waals surface area contributed by atoms with Gasteiger partial charge < -0.3 is 5.11 Å². The third kappa shape index (κ3) is 2.55. The molecule has 0 heterocycles. The Morgan fingerprint density at radius 3 is 2.45 bits per heavy atom. The van der Waals surface area contributed by atoms with E-state index in [2.05, 4.69) is 0 Å². The summed E-state index contributed by atoms with van der Waals surface area (Å²) in [7, 11) is 0. The molecule has 0 saturated heterocycles. The molecule has 0 aliphatic carbocycles. The van der Waals surface area contributed by atoms with Gasteiger partial charge in [0.25, 0.3) is 0 Å². The Morgan fingerprint density at radius 2 is 1.91 bits per heavy atom. The van der Waals surface area contributed by atoms with E-state index in [1.165, 1.54) is 0 Å². The van der Waals surface area contributed by atoms with Crippen molar-refractivity contribution in [2.45, 2.75) is 6.42 Å². The normalized spacial score (nSPS) is 9.91. The number of hydrogen-bond acceptors (Lipinski definition) is 2. The molecule has 0 atom stereocenters. The van der Waals surface area contributed by atoms with Crippen LogP contribution >= 0.6 is 0 Å². The summed E-state index contributed by atoms with van der Waals surface area (Å²) in [6.07, 6.45) is 0.636. The van der Waals surface area contributed by atoms with Crippen LogP contribution in [0.25, 0.3) is 0 Å². The molecule has 0 unspecified atom stereocenters. The van der Waals surface area contributed by atoms with Crippen molar-refractivity contribution in [1.29, 1.82) is 0 Å². The summed E-state index contributed by atoms with van der Waals surface area (Å²) in [5.74, 6) is 0.238. The maximum atomic E-state index is 11.5. The fourth-order valence-corrected chi connectivity index (χ4v) is 0.854. The van der Waals surface area contributed by atoms with Crippen LogP contribution in [0.3, 0.4) is 0 Å². The highest BCUT2D eigenvalue weighted by Crippen LogP contribution is 2.09. The number of benzene rings is 1. The lowest BCUT2D eigenvalue weighted by molar-refractivity contribution is 0.337. The van der Waals surface area contributed by atoms with Gasteiger partial charge in [0.15, 0.2) is 0 Å². The number of nitrogens with one attached hydrogen (secondary N) is 1. The molecule has 2 N–H and O–H groups in total. The average molecular weight is 155 g/mol. The van der Waals surface area contributed by atoms with Crippen LogP contribution in [0.4, 0.5) is 4.48 Å². The molecule has 60 valence electrons. The summed E-state index contributed by atoms with van der Waals surface area (Å²) in [6, 6.07) is 6.72. The van der Waals surface area contributed by atoms with Gasteiger partial charge in [-0.25, -0.2) is 0 Å². The molecule has 1 rings (SSSR count). The zero-order valence-electron chi connectivity index (χ0n) is 6.05. The van der Waals surface area contributed by atoms with Gasteiger partial charge in [-0.05, 0) is 24.1 Å². The molecule has 0 spiro atoms. The van der Waals surface area contributed by atoms with Crippen molar-refractivity contribution in [2.24, 2.45) is 0 Å². The minimum Gasteiger partial charge on any atom is -0.508 e. The van der Waals surface area contributed by atoms with Gasteiger partial charge in [0, 0.05) is 6.54 Å². The first-order chi connectivity index (χ1) is 5.33. The summed E-state index contributed by atoms with van der Waals surface area (Å²) in [5.41, 5.74) is 2.58. The first-order valence-corrected chi connectivity index (χ1v) is 3.44. The second kappa shape index (κ2) is 3.93. The average Bonchev–Trinajstić information content (AvgIpc) is 2.04. The van der Waals surface area contributed by atoms with Gasteiger partial charge >= 0.3 is 0 Å². The van der Waals surface area contributed by atoms with Gasteiger partial charge in [0.1, 0.15) is 5.75 Å². The lowest BCUT2D eigenvalue weighted by Gasteiger charge is -1.98. The molecule has 0 aliphatic rings. The van der Waals surface area contributed by atoms with E-state index in [9.17, 15) is 4.48 Å². The van der Waals surface area contributed by atoms with Gasteiger partial charge in [-0.2, -0.15) is 5.54 Å². The number of aromatic hydroxyl groups is 1. The Kier molecular flexibility index (Phi) is 2.86. The standard InChI is InChI=1S/C8H10FNO/c9-10-6-5-7-1-3-8(11)4-2-7/h1-4,10-11H,5-6H2. The molecule has 11 heavy (non-hydrogen) atoms. The monoisotopic (exact) mass is 155 g/mol. The van der Waals surface area contributed by atoms with E-state index >= 15 is 0 Å². The third-order valence-electron chi connectivity index (χ3n) is 1.44. The summed E-state index contributed by atoms with van der Waals surface area (Å²) in [6.45, 7) is 0.310. The van der Waals surface area contributed by atoms with Crippen LogP contribution in [0, 0.1) is 0 Å². The molecule has 0 bridgehead atoms. The van der Waals surface area contributed by atoms with Crippen LogP contribution in [0.2, 0.25) is 0 Å². The predicted molar refractivity (Wildman–Crippen MR) is 40.9 cm³/mol. The fraction of sp³-hybridized carbons (Fsp3) is 0.250. The second-order valence-corrected chi connectivity index (χ2v) is 2.30. The molecular weight excluding hydrogens is 145 g/mol. The van der Waals surface area contributed by atoms with Gasteiger partial charge in [0.2, 0.25) is 0 Å². The quantitative estimate of drug-likeness (QED) is 0.647. The summed E-state index contributed by atoms with van der Waals surface area (Å²) in [4.78, 5) is 0. The molecule has 0 radical (unpaired) electrons. The van der Waals surface area contributed by atoms with Crippen molar-refractivity contribution < 1.29 is 9.59 Å². The molecule has 1 aromatic rings. The largest absolute Gasteiger partial charge is 0.508 e. The van der Waals surface area contributed by atoms with Crippen LogP contribution in [-0.4, -0.2) is 11.7 Å². The van der Waals surface area contributed by atoms with Crippen molar-refractivity contribution in [1.82, 2.24) is 5.54 Å². The highest BCUT2D eigenvalue weighted by atomic mass is 19.2. The molecule has 1 aromatic carbocycles. The molecule has 0 saturated carbocycles. The number of rotatable bonds is 3. The lowest BCUT2D eigenvalue weighted by Crippen LogP contribution is -2.05. The van der Waals surface area contributed by atoms with Gasteiger partial charge in [-0.3, -0.25) is 0 Å². The van der Waals surface area contributed by atoms with Crippen molar-refractivity contribution in [3.8, 4) is 5.75 Å². The molecular formula is C8H10FNO. The van der Waals surface area contributed by atoms with E-state index in [4.69, 9.17) is 5.11 Å². The Balaban J connectivity index is 2.52. The van der Waals surface area contributed by atoms with Crippen molar-refractivity contribution in [2.75, 3.05) is 6.54 Å². The van der Waals surface area contributed by atoms with E-state index in [1.807, 2.05) is 0 Å². The van der Waals surface area contributed by atoms with Gasteiger partial charge in [-0.1, -0.05) is 12.1 Å². The number of phenols is 1. The molecule has 0 fully saturated rings. The highest BCUT2D eigenvalue weighted by Gasteiger charge is 1.91. The molecule has 2 nitrogen and oxygen atoms in total. The SMILES string of the molecule is Oc1ccc(CCNF)cc1. The Bertz CT molecular complexity index is 210. The topological polar surface area (TPSA) is 32.3 Å². The minimum absolute atomic E-state index is 0.238. The van der Waals surface area contributed by atoms with Crippen LogP contribution in [0.1, 0.15) is 5.56 Å². The predicted octanol–water partition coefficient (Wildman–Crippen LogP) is 1.41. The summed E-state index contributed by atoms with van der Waals surface area (Å²) in [5, 5.41) is 8.89. The van der Waals surface area contributed by atoms with Crippen LogP contribution in [0.5, 0.6) is 5.75 Å². The van der Waals surface area contributed by atoms with E-state index in [0.29, 0.717) is 13.0 Å². The third-order valence-corrected chi connectivity index (χ3v) is 1.44. The molecule has 0 aliphatic heterocycles. The summed E-state index contributed by atoms with van der Waals surface area (Å²) < 4.78 is 11.5.